The third kappa shape index (κ3) is 2.54. The molecule has 172 valence electrons. The van der Waals surface area contributed by atoms with E-state index < -0.39 is 5.72 Å². The molecule has 1 atom stereocenters. The lowest BCUT2D eigenvalue weighted by Crippen LogP contribution is -2.54. The first kappa shape index (κ1) is 20.3. The second-order valence-corrected chi connectivity index (χ2v) is 10.1. The molecule has 1 spiro atoms. The van der Waals surface area contributed by atoms with Gasteiger partial charge < -0.3 is 14.1 Å². The number of benzene rings is 4. The van der Waals surface area contributed by atoms with Gasteiger partial charge in [0.25, 0.3) is 0 Å². The molecular weight excluding hydrogens is 432 g/mol. The summed E-state index contributed by atoms with van der Waals surface area (Å²) < 4.78 is 13.2. The van der Waals surface area contributed by atoms with Crippen molar-refractivity contribution >= 4 is 39.5 Å². The predicted octanol–water partition coefficient (Wildman–Crippen LogP) is 7.91. The Labute approximate surface area is 204 Å². The predicted molar refractivity (Wildman–Crippen MR) is 142 cm³/mol. The standard InChI is InChI=1S/C31H26N2O2/c1-19-14-15-20(2)28-27(19)30(3,4)33(21-10-6-5-7-11-21)31(28)18-32-29-25(35-31)17-16-24-26(29)22-12-8-9-13-23(22)34-24/h5-18H,1-4H3. The lowest BCUT2D eigenvalue weighted by molar-refractivity contribution is 0.130. The highest BCUT2D eigenvalue weighted by Crippen LogP contribution is 2.57. The molecule has 0 saturated carbocycles. The molecule has 5 aromatic rings. The van der Waals surface area contributed by atoms with Crippen molar-refractivity contribution in [2.75, 3.05) is 4.90 Å². The normalized spacial score (nSPS) is 19.8. The van der Waals surface area contributed by atoms with Gasteiger partial charge in [-0.3, -0.25) is 0 Å². The quantitative estimate of drug-likeness (QED) is 0.256. The maximum absolute atomic E-state index is 7.11. The van der Waals surface area contributed by atoms with Gasteiger partial charge in [0.2, 0.25) is 5.72 Å². The number of fused-ring (bicyclic) bond motifs is 7. The number of aryl methyl sites for hydroxylation is 2. The Balaban J connectivity index is 1.54. The van der Waals surface area contributed by atoms with Crippen LogP contribution in [0, 0.1) is 13.8 Å². The highest BCUT2D eigenvalue weighted by molar-refractivity contribution is 6.13. The van der Waals surface area contributed by atoms with E-state index in [1.807, 2.05) is 36.5 Å². The molecule has 2 aliphatic heterocycles. The van der Waals surface area contributed by atoms with E-state index in [1.165, 1.54) is 22.3 Å². The molecule has 4 heteroatoms. The summed E-state index contributed by atoms with van der Waals surface area (Å²) in [6.07, 6.45) is 2.00. The maximum atomic E-state index is 7.11. The summed E-state index contributed by atoms with van der Waals surface area (Å²) in [6.45, 7) is 8.92. The van der Waals surface area contributed by atoms with E-state index in [1.54, 1.807) is 0 Å². The van der Waals surface area contributed by atoms with Crippen LogP contribution in [-0.4, -0.2) is 6.21 Å². The Morgan fingerprint density at radius 2 is 1.46 bits per heavy atom. The minimum absolute atomic E-state index is 0.317. The molecular formula is C31H26N2O2. The number of furan rings is 1. The van der Waals surface area contributed by atoms with Crippen molar-refractivity contribution in [3.8, 4) is 5.75 Å². The largest absolute Gasteiger partial charge is 0.456 e. The highest BCUT2D eigenvalue weighted by atomic mass is 16.5. The number of hydrogen-bond acceptors (Lipinski definition) is 4. The molecule has 4 nitrogen and oxygen atoms in total. The van der Waals surface area contributed by atoms with Gasteiger partial charge in [0.1, 0.15) is 22.6 Å². The van der Waals surface area contributed by atoms with Crippen LogP contribution in [0.1, 0.15) is 36.1 Å². The lowest BCUT2D eigenvalue weighted by Gasteiger charge is -2.45. The first-order valence-electron chi connectivity index (χ1n) is 12.1. The molecule has 3 heterocycles. The van der Waals surface area contributed by atoms with Crippen LogP contribution in [0.5, 0.6) is 5.75 Å². The number of nitrogens with zero attached hydrogens (tertiary/aromatic N) is 2. The summed E-state index contributed by atoms with van der Waals surface area (Å²) in [4.78, 5) is 7.52. The summed E-state index contributed by atoms with van der Waals surface area (Å²) >= 11 is 0. The van der Waals surface area contributed by atoms with Crippen molar-refractivity contribution in [2.45, 2.75) is 39.0 Å². The zero-order valence-corrected chi connectivity index (χ0v) is 20.3. The van der Waals surface area contributed by atoms with Gasteiger partial charge in [0.05, 0.1) is 17.1 Å². The second-order valence-electron chi connectivity index (χ2n) is 10.1. The number of hydrogen-bond donors (Lipinski definition) is 0. The van der Waals surface area contributed by atoms with E-state index in [-0.39, 0.29) is 5.54 Å². The molecule has 2 aliphatic rings. The first-order valence-corrected chi connectivity index (χ1v) is 12.1. The Morgan fingerprint density at radius 3 is 2.26 bits per heavy atom. The Bertz CT molecular complexity index is 1680. The van der Waals surface area contributed by atoms with E-state index in [0.717, 1.165) is 39.1 Å². The monoisotopic (exact) mass is 458 g/mol. The van der Waals surface area contributed by atoms with Gasteiger partial charge in [0.15, 0.2) is 0 Å². The topological polar surface area (TPSA) is 38.0 Å². The van der Waals surface area contributed by atoms with Crippen LogP contribution >= 0.6 is 0 Å². The average molecular weight is 459 g/mol. The Hall–Kier alpha value is -4.05. The number of anilines is 1. The van der Waals surface area contributed by atoms with Gasteiger partial charge in [-0.2, -0.15) is 0 Å². The van der Waals surface area contributed by atoms with Crippen molar-refractivity contribution < 1.29 is 9.15 Å². The fourth-order valence-electron chi connectivity index (χ4n) is 6.35. The van der Waals surface area contributed by atoms with Crippen LogP contribution in [-0.2, 0) is 11.3 Å². The average Bonchev–Trinajstić information content (AvgIpc) is 3.33. The molecule has 35 heavy (non-hydrogen) atoms. The van der Waals surface area contributed by atoms with Gasteiger partial charge >= 0.3 is 0 Å². The van der Waals surface area contributed by atoms with Crippen LogP contribution in [0.4, 0.5) is 11.4 Å². The molecule has 0 bridgehead atoms. The van der Waals surface area contributed by atoms with E-state index in [2.05, 4.69) is 81.1 Å². The molecule has 7 rings (SSSR count). The minimum atomic E-state index is -0.865. The SMILES string of the molecule is Cc1ccc(C)c2c1C(C)(C)N(c1ccccc1)C21C=Nc2c(ccc3oc4ccccc4c23)O1. The number of rotatable bonds is 1. The van der Waals surface area contributed by atoms with Crippen molar-refractivity contribution in [3.05, 3.63) is 101 Å². The lowest BCUT2D eigenvalue weighted by atomic mass is 9.86. The van der Waals surface area contributed by atoms with Crippen LogP contribution in [0.2, 0.25) is 0 Å². The van der Waals surface area contributed by atoms with Gasteiger partial charge in [0, 0.05) is 16.6 Å². The fourth-order valence-corrected chi connectivity index (χ4v) is 6.35. The van der Waals surface area contributed by atoms with Crippen molar-refractivity contribution in [1.29, 1.82) is 0 Å². The van der Waals surface area contributed by atoms with Gasteiger partial charge in [-0.1, -0.05) is 48.5 Å². The molecule has 1 unspecified atom stereocenters. The van der Waals surface area contributed by atoms with Crippen molar-refractivity contribution in [1.82, 2.24) is 0 Å². The van der Waals surface area contributed by atoms with Gasteiger partial charge in [-0.05, 0) is 74.7 Å². The van der Waals surface area contributed by atoms with E-state index in [9.17, 15) is 0 Å². The minimum Gasteiger partial charge on any atom is -0.456 e. The van der Waals surface area contributed by atoms with Crippen molar-refractivity contribution in [3.63, 3.8) is 0 Å². The van der Waals surface area contributed by atoms with Gasteiger partial charge in [-0.15, -0.1) is 0 Å². The van der Waals surface area contributed by atoms with Gasteiger partial charge in [-0.25, -0.2) is 4.99 Å². The molecule has 0 saturated heterocycles. The Kier molecular flexibility index (Phi) is 3.93. The van der Waals surface area contributed by atoms with Crippen LogP contribution in [0.15, 0.2) is 88.3 Å². The molecule has 0 aliphatic carbocycles. The number of para-hydroxylation sites is 2. The molecule has 0 amide bonds. The molecule has 0 radical (unpaired) electrons. The summed E-state index contributed by atoms with van der Waals surface area (Å²) in [6, 6.07) is 27.0. The molecule has 1 aromatic heterocycles. The van der Waals surface area contributed by atoms with E-state index in [4.69, 9.17) is 14.1 Å². The van der Waals surface area contributed by atoms with Crippen LogP contribution < -0.4 is 9.64 Å². The first-order chi connectivity index (χ1) is 16.9. The summed E-state index contributed by atoms with van der Waals surface area (Å²) in [5, 5.41) is 2.05. The zero-order chi connectivity index (χ0) is 23.9. The van der Waals surface area contributed by atoms with Crippen LogP contribution in [0.3, 0.4) is 0 Å². The summed E-state index contributed by atoms with van der Waals surface area (Å²) in [5.74, 6) is 0.761. The summed E-state index contributed by atoms with van der Waals surface area (Å²) in [7, 11) is 0. The van der Waals surface area contributed by atoms with Crippen molar-refractivity contribution in [2.24, 2.45) is 4.99 Å². The van der Waals surface area contributed by atoms with Crippen LogP contribution in [0.25, 0.3) is 21.9 Å². The smallest absolute Gasteiger partial charge is 0.247 e. The highest BCUT2D eigenvalue weighted by Gasteiger charge is 2.58. The third-order valence-corrected chi connectivity index (χ3v) is 7.61. The van der Waals surface area contributed by atoms with E-state index in [0.29, 0.717) is 0 Å². The zero-order valence-electron chi connectivity index (χ0n) is 20.3. The molecule has 0 fully saturated rings. The molecule has 0 N–H and O–H groups in total. The Morgan fingerprint density at radius 1 is 0.743 bits per heavy atom. The third-order valence-electron chi connectivity index (χ3n) is 7.61. The van der Waals surface area contributed by atoms with E-state index >= 15 is 0 Å². The summed E-state index contributed by atoms with van der Waals surface area (Å²) in [5.41, 5.74) is 7.34. The number of aliphatic imine (C=N–C) groups is 1. The number of ether oxygens (including phenoxy) is 1. The molecule has 4 aromatic carbocycles. The fraction of sp³-hybridized carbons (Fsp3) is 0.194. The maximum Gasteiger partial charge on any atom is 0.247 e. The second kappa shape index (κ2) is 6.76.